The van der Waals surface area contributed by atoms with E-state index in [-0.39, 0.29) is 5.60 Å². The number of aliphatic hydroxyl groups is 1. The van der Waals surface area contributed by atoms with Crippen LogP contribution >= 0.6 is 0 Å². The van der Waals surface area contributed by atoms with Gasteiger partial charge in [-0.2, -0.15) is 0 Å². The zero-order valence-corrected chi connectivity index (χ0v) is 7.03. The molecule has 1 N–H and O–H groups in total. The van der Waals surface area contributed by atoms with Gasteiger partial charge >= 0.3 is 0 Å². The van der Waals surface area contributed by atoms with E-state index in [4.69, 9.17) is 0 Å². The largest absolute Gasteiger partial charge is 0.390 e. The Balaban J connectivity index is 1.88. The van der Waals surface area contributed by atoms with Crippen LogP contribution in [0.15, 0.2) is 24.5 Å². The molecule has 12 heavy (non-hydrogen) atoms. The van der Waals surface area contributed by atoms with Gasteiger partial charge in [0.1, 0.15) is 0 Å². The van der Waals surface area contributed by atoms with E-state index in [0.717, 1.165) is 25.7 Å². The van der Waals surface area contributed by atoms with Gasteiger partial charge in [0, 0.05) is 12.4 Å². The molecule has 0 bridgehead atoms. The maximum Gasteiger partial charge on any atom is 0.0653 e. The lowest BCUT2D eigenvalue weighted by Crippen LogP contribution is -2.07. The van der Waals surface area contributed by atoms with E-state index in [2.05, 4.69) is 4.98 Å². The van der Waals surface area contributed by atoms with Crippen LogP contribution in [0.4, 0.5) is 0 Å². The van der Waals surface area contributed by atoms with Crippen LogP contribution in [-0.4, -0.2) is 15.7 Å². The highest BCUT2D eigenvalue weighted by atomic mass is 16.3. The van der Waals surface area contributed by atoms with Crippen LogP contribution in [0.1, 0.15) is 24.8 Å². The smallest absolute Gasteiger partial charge is 0.0653 e. The van der Waals surface area contributed by atoms with Gasteiger partial charge in [0.05, 0.1) is 5.60 Å². The lowest BCUT2D eigenvalue weighted by atomic mass is 10.1. The zero-order chi connectivity index (χ0) is 8.44. The number of pyridine rings is 1. The van der Waals surface area contributed by atoms with Gasteiger partial charge in [0.15, 0.2) is 0 Å². The highest BCUT2D eigenvalue weighted by molar-refractivity contribution is 5.11. The maximum atomic E-state index is 9.57. The molecule has 1 aliphatic rings. The second-order valence-corrected chi connectivity index (χ2v) is 3.58. The average Bonchev–Trinajstić information content (AvgIpc) is 2.84. The molecule has 1 fully saturated rings. The third kappa shape index (κ3) is 1.83. The van der Waals surface area contributed by atoms with Gasteiger partial charge in [-0.05, 0) is 43.4 Å². The van der Waals surface area contributed by atoms with Gasteiger partial charge in [0.2, 0.25) is 0 Å². The Morgan fingerprint density at radius 1 is 1.33 bits per heavy atom. The summed E-state index contributed by atoms with van der Waals surface area (Å²) >= 11 is 0. The number of hydrogen-bond acceptors (Lipinski definition) is 2. The highest BCUT2D eigenvalue weighted by Gasteiger charge is 2.39. The van der Waals surface area contributed by atoms with Gasteiger partial charge in [0.25, 0.3) is 0 Å². The summed E-state index contributed by atoms with van der Waals surface area (Å²) < 4.78 is 0. The molecule has 1 saturated carbocycles. The third-order valence-electron chi connectivity index (χ3n) is 2.46. The summed E-state index contributed by atoms with van der Waals surface area (Å²) in [5.74, 6) is 0. The molecule has 0 spiro atoms. The first-order valence-electron chi connectivity index (χ1n) is 4.40. The van der Waals surface area contributed by atoms with E-state index in [1.165, 1.54) is 5.56 Å². The SMILES string of the molecule is OC1(CCc2ccncc2)CC1. The normalized spacial score (nSPS) is 19.1. The van der Waals surface area contributed by atoms with Crippen LogP contribution in [0, 0.1) is 0 Å². The van der Waals surface area contributed by atoms with Crippen molar-refractivity contribution in [2.75, 3.05) is 0 Å². The second kappa shape index (κ2) is 2.87. The first-order chi connectivity index (χ1) is 5.79. The van der Waals surface area contributed by atoms with Gasteiger partial charge < -0.3 is 5.11 Å². The Labute approximate surface area is 72.3 Å². The van der Waals surface area contributed by atoms with Crippen LogP contribution in [0.25, 0.3) is 0 Å². The summed E-state index contributed by atoms with van der Waals surface area (Å²) in [5.41, 5.74) is 0.953. The van der Waals surface area contributed by atoms with E-state index in [1.54, 1.807) is 12.4 Å². The molecule has 1 heterocycles. The lowest BCUT2D eigenvalue weighted by molar-refractivity contribution is 0.140. The fourth-order valence-corrected chi connectivity index (χ4v) is 1.32. The highest BCUT2D eigenvalue weighted by Crippen LogP contribution is 2.39. The summed E-state index contributed by atoms with van der Waals surface area (Å²) in [4.78, 5) is 3.94. The maximum absolute atomic E-state index is 9.57. The van der Waals surface area contributed by atoms with Crippen molar-refractivity contribution in [2.45, 2.75) is 31.3 Å². The second-order valence-electron chi connectivity index (χ2n) is 3.58. The summed E-state index contributed by atoms with van der Waals surface area (Å²) in [5, 5.41) is 9.57. The molecular weight excluding hydrogens is 150 g/mol. The zero-order valence-electron chi connectivity index (χ0n) is 7.03. The molecule has 0 saturated heterocycles. The summed E-state index contributed by atoms with van der Waals surface area (Å²) in [7, 11) is 0. The van der Waals surface area contributed by atoms with Crippen molar-refractivity contribution in [3.63, 3.8) is 0 Å². The van der Waals surface area contributed by atoms with Crippen LogP contribution in [0.3, 0.4) is 0 Å². The molecule has 0 radical (unpaired) electrons. The molecule has 0 aromatic carbocycles. The molecule has 0 unspecified atom stereocenters. The van der Waals surface area contributed by atoms with E-state index >= 15 is 0 Å². The van der Waals surface area contributed by atoms with Gasteiger partial charge in [-0.25, -0.2) is 0 Å². The number of nitrogens with zero attached hydrogens (tertiary/aromatic N) is 1. The molecule has 2 heteroatoms. The first-order valence-corrected chi connectivity index (χ1v) is 4.40. The minimum Gasteiger partial charge on any atom is -0.390 e. The monoisotopic (exact) mass is 163 g/mol. The van der Waals surface area contributed by atoms with Gasteiger partial charge in [-0.15, -0.1) is 0 Å². The predicted molar refractivity (Wildman–Crippen MR) is 46.7 cm³/mol. The Morgan fingerprint density at radius 3 is 2.58 bits per heavy atom. The number of aromatic nitrogens is 1. The third-order valence-corrected chi connectivity index (χ3v) is 2.46. The predicted octanol–water partition coefficient (Wildman–Crippen LogP) is 1.54. The van der Waals surface area contributed by atoms with Crippen molar-refractivity contribution in [2.24, 2.45) is 0 Å². The van der Waals surface area contributed by atoms with Crippen molar-refractivity contribution >= 4 is 0 Å². The molecule has 1 aromatic rings. The van der Waals surface area contributed by atoms with Crippen LogP contribution < -0.4 is 0 Å². The van der Waals surface area contributed by atoms with E-state index in [0.29, 0.717) is 0 Å². The summed E-state index contributed by atoms with van der Waals surface area (Å²) in [6.07, 6.45) is 7.44. The quantitative estimate of drug-likeness (QED) is 0.733. The van der Waals surface area contributed by atoms with Gasteiger partial charge in [-0.3, -0.25) is 4.98 Å². The Morgan fingerprint density at radius 2 is 2.00 bits per heavy atom. The summed E-state index contributed by atoms with van der Waals surface area (Å²) in [6.45, 7) is 0. The topological polar surface area (TPSA) is 33.1 Å². The lowest BCUT2D eigenvalue weighted by Gasteiger charge is -2.05. The Kier molecular flexibility index (Phi) is 1.85. The molecule has 0 aliphatic heterocycles. The molecule has 1 aliphatic carbocycles. The Bertz CT molecular complexity index is 254. The van der Waals surface area contributed by atoms with Crippen molar-refractivity contribution in [3.8, 4) is 0 Å². The summed E-state index contributed by atoms with van der Waals surface area (Å²) in [6, 6.07) is 4.01. The van der Waals surface area contributed by atoms with Crippen molar-refractivity contribution in [3.05, 3.63) is 30.1 Å². The van der Waals surface area contributed by atoms with E-state index < -0.39 is 0 Å². The Hall–Kier alpha value is -0.890. The van der Waals surface area contributed by atoms with Crippen LogP contribution in [-0.2, 0) is 6.42 Å². The minimum absolute atomic E-state index is 0.316. The standard InChI is InChI=1S/C10H13NO/c12-10(5-6-10)4-1-9-2-7-11-8-3-9/h2-3,7-8,12H,1,4-6H2. The molecule has 2 nitrogen and oxygen atoms in total. The number of rotatable bonds is 3. The van der Waals surface area contributed by atoms with E-state index in [1.807, 2.05) is 12.1 Å². The average molecular weight is 163 g/mol. The minimum atomic E-state index is -0.316. The van der Waals surface area contributed by atoms with Crippen LogP contribution in [0.5, 0.6) is 0 Å². The van der Waals surface area contributed by atoms with Crippen molar-refractivity contribution in [1.82, 2.24) is 4.98 Å². The number of hydrogen-bond donors (Lipinski definition) is 1. The fourth-order valence-electron chi connectivity index (χ4n) is 1.32. The molecular formula is C10H13NO. The molecule has 64 valence electrons. The molecule has 0 amide bonds. The molecule has 2 rings (SSSR count). The van der Waals surface area contributed by atoms with Crippen LogP contribution in [0.2, 0.25) is 0 Å². The van der Waals surface area contributed by atoms with Crippen molar-refractivity contribution in [1.29, 1.82) is 0 Å². The molecule has 1 aromatic heterocycles. The number of aryl methyl sites for hydroxylation is 1. The fraction of sp³-hybridized carbons (Fsp3) is 0.500. The molecule has 0 atom stereocenters. The first kappa shape index (κ1) is 7.74. The van der Waals surface area contributed by atoms with Gasteiger partial charge in [-0.1, -0.05) is 0 Å². The van der Waals surface area contributed by atoms with Crippen molar-refractivity contribution < 1.29 is 5.11 Å². The van der Waals surface area contributed by atoms with E-state index in [9.17, 15) is 5.11 Å².